The maximum atomic E-state index is 9.82. The van der Waals surface area contributed by atoms with Gasteiger partial charge in [-0.2, -0.15) is 5.26 Å². The van der Waals surface area contributed by atoms with E-state index in [1.54, 1.807) is 6.07 Å². The van der Waals surface area contributed by atoms with Crippen molar-refractivity contribution in [2.24, 2.45) is 5.73 Å². The number of allylic oxidation sites excluding steroid dienone is 1. The van der Waals surface area contributed by atoms with Crippen LogP contribution in [0.5, 0.6) is 5.88 Å². The van der Waals surface area contributed by atoms with Crippen LogP contribution in [-0.2, 0) is 0 Å². The van der Waals surface area contributed by atoms with Crippen molar-refractivity contribution in [2.75, 3.05) is 0 Å². The Labute approximate surface area is 177 Å². The number of nitrogens with zero attached hydrogens (tertiary/aromatic N) is 2. The van der Waals surface area contributed by atoms with Gasteiger partial charge in [0.2, 0.25) is 11.8 Å². The first-order valence-corrected chi connectivity index (χ1v) is 9.61. The van der Waals surface area contributed by atoms with Gasteiger partial charge in [-0.1, -0.05) is 54.1 Å². The zero-order valence-corrected chi connectivity index (χ0v) is 16.4. The predicted molar refractivity (Wildman–Crippen MR) is 112 cm³/mol. The Kier molecular flexibility index (Phi) is 4.31. The summed E-state index contributed by atoms with van der Waals surface area (Å²) in [6.07, 6.45) is 0. The largest absolute Gasteiger partial charge is 0.460 e. The van der Waals surface area contributed by atoms with Crippen molar-refractivity contribution in [1.82, 2.24) is 10.2 Å². The van der Waals surface area contributed by atoms with Gasteiger partial charge in [-0.15, -0.1) is 5.10 Å². The fraction of sp³-hybridized carbons (Fsp3) is 0.0435. The zero-order valence-electron chi connectivity index (χ0n) is 15.6. The topological polar surface area (TPSA) is 101 Å². The van der Waals surface area contributed by atoms with Gasteiger partial charge in [0, 0.05) is 5.56 Å². The lowest BCUT2D eigenvalue weighted by Gasteiger charge is -2.22. The van der Waals surface area contributed by atoms with Gasteiger partial charge in [-0.05, 0) is 29.8 Å². The summed E-state index contributed by atoms with van der Waals surface area (Å²) in [5, 5.41) is 17.7. The monoisotopic (exact) mass is 414 g/mol. The van der Waals surface area contributed by atoms with E-state index in [1.807, 2.05) is 60.7 Å². The third-order valence-electron chi connectivity index (χ3n) is 5.05. The summed E-state index contributed by atoms with van der Waals surface area (Å²) in [6.45, 7) is 0. The number of H-pyrrole nitrogens is 1. The minimum atomic E-state index is -0.566. The molecule has 3 N–H and O–H groups in total. The van der Waals surface area contributed by atoms with Crippen molar-refractivity contribution >= 4 is 11.6 Å². The number of aromatic amines is 1. The second kappa shape index (κ2) is 7.14. The van der Waals surface area contributed by atoms with Crippen LogP contribution < -0.4 is 10.5 Å². The number of nitrogens with two attached hydrogens (primary N) is 1. The number of aromatic nitrogens is 2. The van der Waals surface area contributed by atoms with Crippen molar-refractivity contribution < 1.29 is 9.15 Å². The van der Waals surface area contributed by atoms with Crippen molar-refractivity contribution in [3.8, 4) is 34.5 Å². The van der Waals surface area contributed by atoms with Crippen LogP contribution in [0.4, 0.5) is 0 Å². The highest BCUT2D eigenvalue weighted by Gasteiger charge is 2.37. The average molecular weight is 415 g/mol. The molecular formula is C23H15ClN4O2. The summed E-state index contributed by atoms with van der Waals surface area (Å²) in [5.41, 5.74) is 9.43. The number of fused-ring (bicyclic) bond motifs is 1. The maximum Gasteiger partial charge on any atom is 0.244 e. The smallest absolute Gasteiger partial charge is 0.244 e. The molecule has 0 saturated heterocycles. The summed E-state index contributed by atoms with van der Waals surface area (Å²) in [5.74, 6) is 0.920. The number of nitriles is 1. The second-order valence-corrected chi connectivity index (χ2v) is 7.20. The Balaban J connectivity index is 1.68. The van der Waals surface area contributed by atoms with Crippen molar-refractivity contribution in [3.05, 3.63) is 94.5 Å². The average Bonchev–Trinajstić information content (AvgIpc) is 3.41. The minimum absolute atomic E-state index is 0.0109. The Hall–Kier alpha value is -3.95. The summed E-state index contributed by atoms with van der Waals surface area (Å²) in [6, 6.07) is 23.0. The number of rotatable bonds is 3. The molecule has 0 amide bonds. The summed E-state index contributed by atoms with van der Waals surface area (Å²) < 4.78 is 11.8. The summed E-state index contributed by atoms with van der Waals surface area (Å²) in [7, 11) is 0. The lowest BCUT2D eigenvalue weighted by atomic mass is 9.86. The first-order chi connectivity index (χ1) is 14.7. The molecule has 1 aliphatic heterocycles. The van der Waals surface area contributed by atoms with Crippen molar-refractivity contribution in [1.29, 1.82) is 5.26 Å². The molecule has 30 heavy (non-hydrogen) atoms. The molecule has 0 aliphatic carbocycles. The standard InChI is InChI=1S/C23H15ClN4O2/c24-16-9-5-4-8-14(16)17-10-11-18(29-17)19-15(12-25)22(26)30-23-20(19)21(27-28-23)13-6-2-1-3-7-13/h1-11,19H,26H2,(H,27,28)/t19-/m0/s1. The molecule has 0 fully saturated rings. The van der Waals surface area contributed by atoms with E-state index < -0.39 is 5.92 Å². The van der Waals surface area contributed by atoms with Gasteiger partial charge in [0.25, 0.3) is 0 Å². The molecule has 0 unspecified atom stereocenters. The van der Waals surface area contributed by atoms with Crippen LogP contribution in [0.15, 0.2) is 82.6 Å². The molecule has 3 heterocycles. The molecule has 7 heteroatoms. The number of halogens is 1. The van der Waals surface area contributed by atoms with Crippen molar-refractivity contribution in [2.45, 2.75) is 5.92 Å². The molecule has 2 aromatic heterocycles. The molecule has 1 atom stereocenters. The molecule has 0 saturated carbocycles. The lowest BCUT2D eigenvalue weighted by molar-refractivity contribution is 0.372. The van der Waals surface area contributed by atoms with Gasteiger partial charge in [0.05, 0.1) is 22.2 Å². The summed E-state index contributed by atoms with van der Waals surface area (Å²) in [4.78, 5) is 0. The van der Waals surface area contributed by atoms with E-state index >= 15 is 0 Å². The predicted octanol–water partition coefficient (Wildman–Crippen LogP) is 5.21. The molecule has 2 aromatic carbocycles. The highest BCUT2D eigenvalue weighted by molar-refractivity contribution is 6.33. The van der Waals surface area contributed by atoms with Crippen LogP contribution >= 0.6 is 11.6 Å². The van der Waals surface area contributed by atoms with E-state index in [-0.39, 0.29) is 11.5 Å². The van der Waals surface area contributed by atoms with Crippen LogP contribution in [-0.4, -0.2) is 10.2 Å². The SMILES string of the molecule is N#CC1=C(N)Oc2n[nH]c(-c3ccccc3)c2[C@@H]1c1ccc(-c2ccccc2Cl)o1. The van der Waals surface area contributed by atoms with Crippen LogP contribution in [0.2, 0.25) is 5.02 Å². The molecule has 1 aliphatic rings. The van der Waals surface area contributed by atoms with Gasteiger partial charge in [-0.3, -0.25) is 5.10 Å². The van der Waals surface area contributed by atoms with Crippen LogP contribution in [0.3, 0.4) is 0 Å². The number of benzene rings is 2. The highest BCUT2D eigenvalue weighted by Crippen LogP contribution is 2.46. The quantitative estimate of drug-likeness (QED) is 0.479. The Bertz CT molecular complexity index is 1310. The van der Waals surface area contributed by atoms with Gasteiger partial charge in [-0.25, -0.2) is 0 Å². The lowest BCUT2D eigenvalue weighted by Crippen LogP contribution is -2.20. The van der Waals surface area contributed by atoms with Crippen LogP contribution in [0, 0.1) is 11.3 Å². The first-order valence-electron chi connectivity index (χ1n) is 9.23. The Morgan fingerprint density at radius 2 is 1.80 bits per heavy atom. The number of nitrogens with one attached hydrogen (secondary N) is 1. The number of hydrogen-bond donors (Lipinski definition) is 2. The Morgan fingerprint density at radius 1 is 1.03 bits per heavy atom. The highest BCUT2D eigenvalue weighted by atomic mass is 35.5. The fourth-order valence-electron chi connectivity index (χ4n) is 3.67. The minimum Gasteiger partial charge on any atom is -0.460 e. The van der Waals surface area contributed by atoms with Crippen LogP contribution in [0.25, 0.3) is 22.6 Å². The summed E-state index contributed by atoms with van der Waals surface area (Å²) >= 11 is 6.33. The van der Waals surface area contributed by atoms with E-state index in [2.05, 4.69) is 16.3 Å². The molecule has 6 nitrogen and oxygen atoms in total. The van der Waals surface area contributed by atoms with Crippen LogP contribution in [0.1, 0.15) is 17.2 Å². The maximum absolute atomic E-state index is 9.82. The second-order valence-electron chi connectivity index (χ2n) is 6.79. The molecule has 0 spiro atoms. The molecule has 4 aromatic rings. The third-order valence-corrected chi connectivity index (χ3v) is 5.38. The number of ether oxygens (including phenoxy) is 1. The molecule has 0 radical (unpaired) electrons. The van der Waals surface area contributed by atoms with E-state index in [4.69, 9.17) is 26.5 Å². The van der Waals surface area contributed by atoms with Gasteiger partial charge in [0.15, 0.2) is 0 Å². The van der Waals surface area contributed by atoms with E-state index in [1.165, 1.54) is 0 Å². The van der Waals surface area contributed by atoms with Crippen molar-refractivity contribution in [3.63, 3.8) is 0 Å². The number of furan rings is 1. The molecule has 5 rings (SSSR count). The molecular weight excluding hydrogens is 400 g/mol. The van der Waals surface area contributed by atoms with Gasteiger partial charge >= 0.3 is 0 Å². The Morgan fingerprint density at radius 3 is 2.57 bits per heavy atom. The molecule has 0 bridgehead atoms. The molecule has 146 valence electrons. The van der Waals surface area contributed by atoms with Gasteiger partial charge < -0.3 is 14.9 Å². The van der Waals surface area contributed by atoms with E-state index in [9.17, 15) is 5.26 Å². The fourth-order valence-corrected chi connectivity index (χ4v) is 3.90. The third kappa shape index (κ3) is 2.84. The van der Waals surface area contributed by atoms with Gasteiger partial charge in [0.1, 0.15) is 23.2 Å². The van der Waals surface area contributed by atoms with E-state index in [0.717, 1.165) is 16.8 Å². The van der Waals surface area contributed by atoms with E-state index in [0.29, 0.717) is 28.0 Å². The first kappa shape index (κ1) is 18.1. The normalized spacial score (nSPS) is 15.4. The number of hydrogen-bond acceptors (Lipinski definition) is 5. The zero-order chi connectivity index (χ0) is 20.7.